The molecular weight excluding hydrogens is 164 g/mol. The summed E-state index contributed by atoms with van der Waals surface area (Å²) in [6.07, 6.45) is -0.951. The van der Waals surface area contributed by atoms with Crippen molar-refractivity contribution >= 4 is 11.9 Å². The quantitative estimate of drug-likeness (QED) is 0.498. The van der Waals surface area contributed by atoms with E-state index in [1.54, 1.807) is 0 Å². The predicted octanol–water partition coefficient (Wildman–Crippen LogP) is -2.74. The molecule has 70 valence electrons. The number of aliphatic hydroxyl groups is 1. The molecule has 0 radical (unpaired) electrons. The molecule has 0 aromatic heterocycles. The van der Waals surface area contributed by atoms with Crippen molar-refractivity contribution in [3.05, 3.63) is 0 Å². The molecule has 1 atom stereocenters. The van der Waals surface area contributed by atoms with E-state index < -0.39 is 29.9 Å². The van der Waals surface area contributed by atoms with E-state index in [4.69, 9.17) is 0 Å². The van der Waals surface area contributed by atoms with Crippen LogP contribution in [-0.4, -0.2) is 22.6 Å². The molecule has 0 aromatic carbocycles. The molecule has 5 heteroatoms. The zero-order chi connectivity index (χ0) is 9.94. The van der Waals surface area contributed by atoms with Gasteiger partial charge in [-0.2, -0.15) is 0 Å². The van der Waals surface area contributed by atoms with E-state index in [1.807, 2.05) is 0 Å². The summed E-state index contributed by atoms with van der Waals surface area (Å²) < 4.78 is 0. The zero-order valence-corrected chi connectivity index (χ0v) is 6.86. The summed E-state index contributed by atoms with van der Waals surface area (Å²) in [6.45, 7) is 2.78. The van der Waals surface area contributed by atoms with Crippen molar-refractivity contribution in [1.82, 2.24) is 0 Å². The van der Waals surface area contributed by atoms with Gasteiger partial charge in [0.15, 0.2) is 0 Å². The van der Waals surface area contributed by atoms with Gasteiger partial charge >= 0.3 is 0 Å². The smallest absolute Gasteiger partial charge is 0.111 e. The summed E-state index contributed by atoms with van der Waals surface area (Å²) in [5, 5.41) is 29.7. The highest BCUT2D eigenvalue weighted by Gasteiger charge is 2.32. The summed E-state index contributed by atoms with van der Waals surface area (Å²) in [4.78, 5) is 20.4. The van der Waals surface area contributed by atoms with E-state index in [9.17, 15) is 24.9 Å². The Labute approximate surface area is 69.6 Å². The second kappa shape index (κ2) is 3.53. The minimum absolute atomic E-state index is 0.736. The van der Waals surface area contributed by atoms with Gasteiger partial charge in [0.05, 0.1) is 5.97 Å². The van der Waals surface area contributed by atoms with Gasteiger partial charge in [0.25, 0.3) is 0 Å². The molecule has 12 heavy (non-hydrogen) atoms. The molecule has 0 amide bonds. The lowest BCUT2D eigenvalue weighted by atomic mass is 9.87. The number of carboxylic acid groups (broad SMARTS) is 2. The first kappa shape index (κ1) is 10.9. The van der Waals surface area contributed by atoms with E-state index >= 15 is 0 Å². The van der Waals surface area contributed by atoms with E-state index in [-0.39, 0.29) is 0 Å². The third-order valence-electron chi connectivity index (χ3n) is 1.72. The van der Waals surface area contributed by atoms with Gasteiger partial charge in [0.1, 0.15) is 5.60 Å². The highest BCUT2D eigenvalue weighted by atomic mass is 16.4. The lowest BCUT2D eigenvalue weighted by molar-refractivity contribution is -0.336. The van der Waals surface area contributed by atoms with Gasteiger partial charge in [-0.05, 0) is 5.92 Å². The van der Waals surface area contributed by atoms with Crippen LogP contribution >= 0.6 is 0 Å². The highest BCUT2D eigenvalue weighted by Crippen LogP contribution is 2.19. The molecule has 0 saturated carbocycles. The Bertz CT molecular complexity index is 198. The van der Waals surface area contributed by atoms with Gasteiger partial charge in [0.2, 0.25) is 0 Å². The molecule has 0 aliphatic rings. The van der Waals surface area contributed by atoms with Gasteiger partial charge in [-0.25, -0.2) is 0 Å². The van der Waals surface area contributed by atoms with Crippen LogP contribution in [0, 0.1) is 5.92 Å². The maximum Gasteiger partial charge on any atom is 0.111 e. The molecule has 0 fully saturated rings. The lowest BCUT2D eigenvalue weighted by Gasteiger charge is -2.33. The molecule has 0 aliphatic heterocycles. The molecule has 1 N–H and O–H groups in total. The first-order chi connectivity index (χ1) is 5.30. The Kier molecular flexibility index (Phi) is 3.21. The lowest BCUT2D eigenvalue weighted by Crippen LogP contribution is -2.54. The minimum atomic E-state index is -2.33. The van der Waals surface area contributed by atoms with Crippen LogP contribution in [0.5, 0.6) is 0 Å². The average Bonchev–Trinajstić information content (AvgIpc) is 1.84. The fourth-order valence-corrected chi connectivity index (χ4v) is 0.732. The molecule has 0 spiro atoms. The molecule has 0 aromatic rings. The second-order valence-electron chi connectivity index (χ2n) is 2.92. The maximum atomic E-state index is 10.3. The second-order valence-corrected chi connectivity index (χ2v) is 2.92. The van der Waals surface area contributed by atoms with Gasteiger partial charge < -0.3 is 24.9 Å². The Balaban J connectivity index is 4.62. The Morgan fingerprint density at radius 2 is 1.83 bits per heavy atom. The van der Waals surface area contributed by atoms with E-state index in [0.29, 0.717) is 0 Å². The number of carbonyl (C=O) groups excluding carboxylic acids is 2. The third-order valence-corrected chi connectivity index (χ3v) is 1.72. The standard InChI is InChI=1S/C7H12O5/c1-4(2)7(12,6(10)11)3-5(8)9/h4,12H,3H2,1-2H3,(H,8,9)(H,10,11)/p-2. The molecule has 0 saturated heterocycles. The first-order valence-corrected chi connectivity index (χ1v) is 3.44. The molecule has 0 rings (SSSR count). The van der Waals surface area contributed by atoms with Crippen LogP contribution in [-0.2, 0) is 9.59 Å². The zero-order valence-electron chi connectivity index (χ0n) is 6.86. The largest absolute Gasteiger partial charge is 0.550 e. The molecule has 5 nitrogen and oxygen atoms in total. The number of carboxylic acids is 2. The monoisotopic (exact) mass is 174 g/mol. The van der Waals surface area contributed by atoms with Crippen molar-refractivity contribution in [3.63, 3.8) is 0 Å². The molecular formula is C7H10O5-2. The maximum absolute atomic E-state index is 10.3. The molecule has 0 heterocycles. The summed E-state index contributed by atoms with van der Waals surface area (Å²) >= 11 is 0. The predicted molar refractivity (Wildman–Crippen MR) is 34.4 cm³/mol. The van der Waals surface area contributed by atoms with Crippen LogP contribution < -0.4 is 10.2 Å². The number of hydrogen-bond donors (Lipinski definition) is 1. The van der Waals surface area contributed by atoms with Crippen LogP contribution in [0.25, 0.3) is 0 Å². The van der Waals surface area contributed by atoms with Crippen molar-refractivity contribution in [1.29, 1.82) is 0 Å². The van der Waals surface area contributed by atoms with Crippen molar-refractivity contribution in [2.45, 2.75) is 25.9 Å². The van der Waals surface area contributed by atoms with E-state index in [1.165, 1.54) is 13.8 Å². The van der Waals surface area contributed by atoms with Gasteiger partial charge in [-0.3, -0.25) is 0 Å². The fourth-order valence-electron chi connectivity index (χ4n) is 0.732. The van der Waals surface area contributed by atoms with Crippen LogP contribution in [0.2, 0.25) is 0 Å². The third kappa shape index (κ3) is 2.20. The normalized spacial score (nSPS) is 15.7. The Morgan fingerprint density at radius 3 is 1.92 bits per heavy atom. The molecule has 1 unspecified atom stereocenters. The summed E-state index contributed by atoms with van der Waals surface area (Å²) in [6, 6.07) is 0. The summed E-state index contributed by atoms with van der Waals surface area (Å²) in [7, 11) is 0. The van der Waals surface area contributed by atoms with Crippen molar-refractivity contribution < 1.29 is 24.9 Å². The highest BCUT2D eigenvalue weighted by molar-refractivity contribution is 5.81. The van der Waals surface area contributed by atoms with Gasteiger partial charge in [-0.15, -0.1) is 0 Å². The SMILES string of the molecule is CC(C)C(O)(CC(=O)[O-])C(=O)[O-]. The van der Waals surface area contributed by atoms with Crippen molar-refractivity contribution in [2.24, 2.45) is 5.92 Å². The van der Waals surface area contributed by atoms with Crippen molar-refractivity contribution in [2.75, 3.05) is 0 Å². The number of aliphatic carboxylic acids is 2. The van der Waals surface area contributed by atoms with Crippen LogP contribution in [0.15, 0.2) is 0 Å². The topological polar surface area (TPSA) is 100 Å². The van der Waals surface area contributed by atoms with Crippen LogP contribution in [0.3, 0.4) is 0 Å². The number of rotatable bonds is 4. The minimum Gasteiger partial charge on any atom is -0.550 e. The summed E-state index contributed by atoms with van der Waals surface area (Å²) in [5.41, 5.74) is -2.33. The van der Waals surface area contributed by atoms with Crippen molar-refractivity contribution in [3.8, 4) is 0 Å². The van der Waals surface area contributed by atoms with Gasteiger partial charge in [-0.1, -0.05) is 13.8 Å². The Morgan fingerprint density at radius 1 is 1.42 bits per heavy atom. The Hall–Kier alpha value is -1.10. The van der Waals surface area contributed by atoms with Crippen LogP contribution in [0.1, 0.15) is 20.3 Å². The molecule has 0 bridgehead atoms. The number of hydrogen-bond acceptors (Lipinski definition) is 5. The fraction of sp³-hybridized carbons (Fsp3) is 0.714. The van der Waals surface area contributed by atoms with Gasteiger partial charge in [0, 0.05) is 12.4 Å². The van der Waals surface area contributed by atoms with E-state index in [2.05, 4.69) is 0 Å². The first-order valence-electron chi connectivity index (χ1n) is 3.44. The number of carbonyl (C=O) groups is 2. The van der Waals surface area contributed by atoms with Crippen LogP contribution in [0.4, 0.5) is 0 Å². The average molecular weight is 174 g/mol. The molecule has 0 aliphatic carbocycles. The summed E-state index contributed by atoms with van der Waals surface area (Å²) in [5.74, 6) is -4.14. The van der Waals surface area contributed by atoms with E-state index in [0.717, 1.165) is 0 Å².